The van der Waals surface area contributed by atoms with E-state index in [4.69, 9.17) is 0 Å². The predicted molar refractivity (Wildman–Crippen MR) is 171 cm³/mol. The Kier molecular flexibility index (Phi) is 13.0. The van der Waals surface area contributed by atoms with Crippen molar-refractivity contribution in [3.8, 4) is 0 Å². The number of carbonyl (C=O) groups is 6. The van der Waals surface area contributed by atoms with E-state index in [1.54, 1.807) is 34.6 Å². The third kappa shape index (κ3) is 8.76. The van der Waals surface area contributed by atoms with E-state index >= 15 is 0 Å². The molecule has 0 bridgehead atoms. The molecule has 1 aromatic heterocycles. The zero-order valence-corrected chi connectivity index (χ0v) is 27.9. The van der Waals surface area contributed by atoms with Gasteiger partial charge in [0.1, 0.15) is 23.8 Å². The molecule has 1 aromatic rings. The summed E-state index contributed by atoms with van der Waals surface area (Å²) >= 11 is 0. The van der Waals surface area contributed by atoms with Crippen molar-refractivity contribution in [2.24, 2.45) is 23.7 Å². The standard InChI is InChI=1S/C33H49N7O6/c1-8-11-23(28(41)32(45)36-20(7)9-2)37-31(44)27-22-13-10-12-21(22)17-40(27)33(46)26(19(5)6)39-30(43)25(18(3)4)38-29(42)24-16-34-14-15-35-24/h10,12,14-16,18-23,25-27H,8-9,11,13,17H2,1-7H3,(H,36,45)(H,37,44)(H,38,42)(H,39,43)/t20-,21-,22-,23?,25?,26-,27-/m0/s1. The molecule has 2 heterocycles. The summed E-state index contributed by atoms with van der Waals surface area (Å²) in [7, 11) is 0. The molecule has 1 aliphatic carbocycles. The minimum atomic E-state index is -1.03. The Balaban J connectivity index is 1.81. The van der Waals surface area contributed by atoms with Gasteiger partial charge in [0.2, 0.25) is 23.5 Å². The highest BCUT2D eigenvalue weighted by atomic mass is 16.2. The van der Waals surface area contributed by atoms with E-state index in [9.17, 15) is 28.8 Å². The Bertz CT molecular complexity index is 1300. The van der Waals surface area contributed by atoms with E-state index in [-0.39, 0.29) is 48.4 Å². The van der Waals surface area contributed by atoms with Crippen LogP contribution in [0.2, 0.25) is 0 Å². The molecule has 0 radical (unpaired) electrons. The molecule has 3 rings (SSSR count). The number of allylic oxidation sites excluding steroid dienone is 1. The lowest BCUT2D eigenvalue weighted by Gasteiger charge is -2.33. The number of amides is 5. The van der Waals surface area contributed by atoms with E-state index in [1.807, 2.05) is 26.0 Å². The average molecular weight is 640 g/mol. The van der Waals surface area contributed by atoms with Gasteiger partial charge in [-0.25, -0.2) is 4.98 Å². The maximum Gasteiger partial charge on any atom is 0.289 e. The van der Waals surface area contributed by atoms with E-state index in [2.05, 4.69) is 31.2 Å². The summed E-state index contributed by atoms with van der Waals surface area (Å²) in [6.07, 6.45) is 10.1. The first-order valence-electron chi connectivity index (χ1n) is 16.3. The molecule has 4 N–H and O–H groups in total. The molecule has 0 aromatic carbocycles. The molecular weight excluding hydrogens is 590 g/mol. The molecule has 13 nitrogen and oxygen atoms in total. The fourth-order valence-electron chi connectivity index (χ4n) is 5.89. The molecule has 0 spiro atoms. The van der Waals surface area contributed by atoms with Crippen molar-refractivity contribution in [3.63, 3.8) is 0 Å². The molecular formula is C33H49N7O6. The summed E-state index contributed by atoms with van der Waals surface area (Å²) in [6.45, 7) is 13.0. The van der Waals surface area contributed by atoms with Gasteiger partial charge in [0, 0.05) is 30.9 Å². The summed E-state index contributed by atoms with van der Waals surface area (Å²) in [5.41, 5.74) is 0.0557. The average Bonchev–Trinajstić information content (AvgIpc) is 3.63. The van der Waals surface area contributed by atoms with Gasteiger partial charge in [-0.15, -0.1) is 0 Å². The van der Waals surface area contributed by atoms with Gasteiger partial charge < -0.3 is 26.2 Å². The summed E-state index contributed by atoms with van der Waals surface area (Å²) in [5.74, 6) is -4.44. The van der Waals surface area contributed by atoms with Crippen LogP contribution in [0.1, 0.15) is 84.6 Å². The van der Waals surface area contributed by atoms with Gasteiger partial charge in [-0.1, -0.05) is 60.1 Å². The molecule has 1 saturated heterocycles. The maximum atomic E-state index is 14.2. The number of hydrogen-bond acceptors (Lipinski definition) is 8. The number of carbonyl (C=O) groups excluding carboxylic acids is 6. The second-order valence-corrected chi connectivity index (χ2v) is 12.9. The zero-order chi connectivity index (χ0) is 34.1. The van der Waals surface area contributed by atoms with Crippen molar-refractivity contribution in [2.45, 2.75) is 104 Å². The number of likely N-dealkylation sites (tertiary alicyclic amines) is 1. The molecule has 13 heteroatoms. The van der Waals surface area contributed by atoms with Gasteiger partial charge in [0.05, 0.1) is 12.2 Å². The number of rotatable bonds is 15. The molecule has 1 fully saturated rings. The number of ketones is 1. The van der Waals surface area contributed by atoms with E-state index in [1.165, 1.54) is 23.5 Å². The normalized spacial score (nSPS) is 21.2. The summed E-state index contributed by atoms with van der Waals surface area (Å²) < 4.78 is 0. The Morgan fingerprint density at radius 3 is 2.20 bits per heavy atom. The first-order chi connectivity index (χ1) is 21.8. The predicted octanol–water partition coefficient (Wildman–Crippen LogP) is 1.54. The molecule has 46 heavy (non-hydrogen) atoms. The minimum absolute atomic E-state index is 0.0557. The number of Topliss-reactive ketones (excluding diaryl/α,β-unsaturated/α-hetero) is 1. The van der Waals surface area contributed by atoms with Crippen LogP contribution in [0.25, 0.3) is 0 Å². The highest BCUT2D eigenvalue weighted by molar-refractivity contribution is 6.38. The lowest BCUT2D eigenvalue weighted by atomic mass is 9.92. The summed E-state index contributed by atoms with van der Waals surface area (Å²) in [6, 6.07) is -4.08. The van der Waals surface area contributed by atoms with Gasteiger partial charge in [-0.2, -0.15) is 0 Å². The van der Waals surface area contributed by atoms with Crippen LogP contribution in [0, 0.1) is 23.7 Å². The van der Waals surface area contributed by atoms with Gasteiger partial charge in [-0.3, -0.25) is 33.8 Å². The third-order valence-corrected chi connectivity index (χ3v) is 8.73. The van der Waals surface area contributed by atoms with Gasteiger partial charge in [0.25, 0.3) is 11.8 Å². The van der Waals surface area contributed by atoms with Crippen LogP contribution in [0.4, 0.5) is 0 Å². The van der Waals surface area contributed by atoms with E-state index in [0.29, 0.717) is 19.3 Å². The maximum absolute atomic E-state index is 14.2. The van der Waals surface area contributed by atoms with Crippen molar-refractivity contribution in [3.05, 3.63) is 36.4 Å². The second-order valence-electron chi connectivity index (χ2n) is 12.9. The first-order valence-corrected chi connectivity index (χ1v) is 16.3. The number of nitrogens with zero attached hydrogens (tertiary/aromatic N) is 3. The van der Waals surface area contributed by atoms with Crippen LogP contribution in [0.15, 0.2) is 30.7 Å². The molecule has 1 aliphatic heterocycles. The van der Waals surface area contributed by atoms with Gasteiger partial charge >= 0.3 is 0 Å². The van der Waals surface area contributed by atoms with Gasteiger partial charge in [-0.05, 0) is 43.9 Å². The van der Waals surface area contributed by atoms with Crippen LogP contribution in [-0.2, 0) is 24.0 Å². The molecule has 2 unspecified atom stereocenters. The number of fused-ring (bicyclic) bond motifs is 1. The topological polar surface area (TPSA) is 180 Å². The molecule has 7 atom stereocenters. The van der Waals surface area contributed by atoms with Crippen molar-refractivity contribution in [1.82, 2.24) is 36.1 Å². The van der Waals surface area contributed by atoms with Crippen molar-refractivity contribution < 1.29 is 28.8 Å². The Morgan fingerprint density at radius 1 is 0.913 bits per heavy atom. The lowest BCUT2D eigenvalue weighted by Crippen LogP contribution is -2.60. The zero-order valence-electron chi connectivity index (χ0n) is 27.9. The molecule has 5 amide bonds. The van der Waals surface area contributed by atoms with Crippen LogP contribution >= 0.6 is 0 Å². The smallest absolute Gasteiger partial charge is 0.289 e. The number of nitrogens with one attached hydrogen (secondary N) is 4. The van der Waals surface area contributed by atoms with E-state index < -0.39 is 59.5 Å². The van der Waals surface area contributed by atoms with Gasteiger partial charge in [0.15, 0.2) is 0 Å². The fourth-order valence-corrected chi connectivity index (χ4v) is 5.89. The van der Waals surface area contributed by atoms with Crippen LogP contribution < -0.4 is 21.3 Å². The van der Waals surface area contributed by atoms with Crippen LogP contribution in [-0.4, -0.2) is 86.9 Å². The fraction of sp³-hybridized carbons (Fsp3) is 0.636. The minimum Gasteiger partial charge on any atom is -0.347 e. The Hall–Kier alpha value is -4.16. The Labute approximate surface area is 271 Å². The highest BCUT2D eigenvalue weighted by Crippen LogP contribution is 2.39. The Morgan fingerprint density at radius 2 is 1.61 bits per heavy atom. The summed E-state index contributed by atoms with van der Waals surface area (Å²) in [5, 5.41) is 11.0. The summed E-state index contributed by atoms with van der Waals surface area (Å²) in [4.78, 5) is 89.5. The highest BCUT2D eigenvalue weighted by Gasteiger charge is 2.50. The number of aromatic nitrogens is 2. The largest absolute Gasteiger partial charge is 0.347 e. The molecule has 0 saturated carbocycles. The quantitative estimate of drug-likeness (QED) is 0.165. The van der Waals surface area contributed by atoms with Crippen molar-refractivity contribution in [2.75, 3.05) is 6.54 Å². The third-order valence-electron chi connectivity index (χ3n) is 8.73. The van der Waals surface area contributed by atoms with Crippen molar-refractivity contribution >= 4 is 35.3 Å². The van der Waals surface area contributed by atoms with E-state index in [0.717, 1.165) is 0 Å². The van der Waals surface area contributed by atoms with Crippen LogP contribution in [0.5, 0.6) is 0 Å². The second kappa shape index (κ2) is 16.4. The van der Waals surface area contributed by atoms with Crippen LogP contribution in [0.3, 0.4) is 0 Å². The number of hydrogen-bond donors (Lipinski definition) is 4. The van der Waals surface area contributed by atoms with Crippen molar-refractivity contribution in [1.29, 1.82) is 0 Å². The molecule has 2 aliphatic rings. The lowest BCUT2D eigenvalue weighted by molar-refractivity contribution is -0.145. The monoisotopic (exact) mass is 639 g/mol. The molecule has 252 valence electrons. The SMILES string of the molecule is CCCC(NC(=O)[C@@H]1[C@H]2CC=C[C@H]2CN1C(=O)[C@@H](NC(=O)C(NC(=O)c1cnccn1)C(C)C)C(C)C)C(=O)C(=O)N[C@@H](C)CC. The first kappa shape index (κ1) is 36.3.